The summed E-state index contributed by atoms with van der Waals surface area (Å²) in [5.74, 6) is 0. The van der Waals surface area contributed by atoms with Gasteiger partial charge >= 0.3 is 0 Å². The molecule has 1 aromatic rings. The van der Waals surface area contributed by atoms with Gasteiger partial charge in [-0.05, 0) is 19.3 Å². The summed E-state index contributed by atoms with van der Waals surface area (Å²) in [6.07, 6.45) is 3.21. The number of aromatic nitrogens is 1. The monoisotopic (exact) mass is 344 g/mol. The second kappa shape index (κ2) is 5.85. The summed E-state index contributed by atoms with van der Waals surface area (Å²) < 4.78 is 33.1. The maximum atomic E-state index is 12.4. The van der Waals surface area contributed by atoms with Crippen LogP contribution in [0.4, 0.5) is 0 Å². The van der Waals surface area contributed by atoms with Crippen molar-refractivity contribution in [3.63, 3.8) is 0 Å². The van der Waals surface area contributed by atoms with Gasteiger partial charge in [-0.3, -0.25) is 0 Å². The Hall–Kier alpha value is -0.500. The number of sulfonamides is 1. The highest BCUT2D eigenvalue weighted by molar-refractivity contribution is 7.90. The summed E-state index contributed by atoms with van der Waals surface area (Å²) in [5.41, 5.74) is 1.10. The van der Waals surface area contributed by atoms with Crippen molar-refractivity contribution in [3.8, 4) is 0 Å². The number of hydrogen-bond acceptors (Lipinski definition) is 5. The predicted octanol–water partition coefficient (Wildman–Crippen LogP) is 2.22. The quantitative estimate of drug-likeness (QED) is 0.889. The zero-order valence-electron chi connectivity index (χ0n) is 13.3. The smallest absolute Gasteiger partial charge is 0.217 e. The third-order valence-corrected chi connectivity index (χ3v) is 7.22. The molecular weight excluding hydrogens is 320 g/mol. The highest BCUT2D eigenvalue weighted by Gasteiger charge is 2.47. The minimum atomic E-state index is -3.28. The third kappa shape index (κ3) is 3.37. The molecule has 0 aliphatic carbocycles. The van der Waals surface area contributed by atoms with Gasteiger partial charge in [-0.1, -0.05) is 20.8 Å². The Morgan fingerprint density at radius 1 is 1.41 bits per heavy atom. The van der Waals surface area contributed by atoms with Gasteiger partial charge < -0.3 is 4.74 Å². The largest absolute Gasteiger partial charge is 0.374 e. The van der Waals surface area contributed by atoms with Crippen LogP contribution < -0.4 is 4.72 Å². The van der Waals surface area contributed by atoms with Gasteiger partial charge in [-0.2, -0.15) is 0 Å². The summed E-state index contributed by atoms with van der Waals surface area (Å²) in [6, 6.07) is 0. The van der Waals surface area contributed by atoms with Gasteiger partial charge in [0.2, 0.25) is 10.0 Å². The molecule has 2 aliphatic heterocycles. The van der Waals surface area contributed by atoms with Gasteiger partial charge in [0, 0.05) is 23.8 Å². The SMILES string of the molecule is CC(C)(C)c1csc(CCNS(=O)(=O)C2CC3CCC2O3)n1. The Balaban J connectivity index is 1.53. The molecule has 0 saturated carbocycles. The van der Waals surface area contributed by atoms with Crippen LogP contribution in [-0.4, -0.2) is 37.4 Å². The van der Waals surface area contributed by atoms with Gasteiger partial charge in [-0.25, -0.2) is 18.1 Å². The van der Waals surface area contributed by atoms with E-state index in [1.165, 1.54) is 0 Å². The van der Waals surface area contributed by atoms with Crippen molar-refractivity contribution in [1.82, 2.24) is 9.71 Å². The van der Waals surface area contributed by atoms with Crippen molar-refractivity contribution >= 4 is 21.4 Å². The first-order valence-electron chi connectivity index (χ1n) is 7.84. The Morgan fingerprint density at radius 3 is 2.73 bits per heavy atom. The van der Waals surface area contributed by atoms with Gasteiger partial charge in [-0.15, -0.1) is 11.3 Å². The normalized spacial score (nSPS) is 28.4. The van der Waals surface area contributed by atoms with E-state index in [9.17, 15) is 8.42 Å². The molecule has 124 valence electrons. The molecule has 0 amide bonds. The highest BCUT2D eigenvalue weighted by Crippen LogP contribution is 2.37. The minimum Gasteiger partial charge on any atom is -0.374 e. The lowest BCUT2D eigenvalue weighted by molar-refractivity contribution is 0.105. The number of rotatable bonds is 5. The van der Waals surface area contributed by atoms with Crippen LogP contribution >= 0.6 is 11.3 Å². The lowest BCUT2D eigenvalue weighted by Crippen LogP contribution is -2.40. The number of fused-ring (bicyclic) bond motifs is 2. The summed E-state index contributed by atoms with van der Waals surface area (Å²) in [6.45, 7) is 6.80. The minimum absolute atomic E-state index is 0.0364. The number of hydrogen-bond donors (Lipinski definition) is 1. The first-order chi connectivity index (χ1) is 10.3. The fourth-order valence-electron chi connectivity index (χ4n) is 3.10. The summed E-state index contributed by atoms with van der Waals surface area (Å²) in [4.78, 5) is 4.60. The van der Waals surface area contributed by atoms with Crippen molar-refractivity contribution < 1.29 is 13.2 Å². The molecule has 0 radical (unpaired) electrons. The zero-order valence-corrected chi connectivity index (χ0v) is 15.0. The van der Waals surface area contributed by atoms with Crippen molar-refractivity contribution in [2.75, 3.05) is 6.54 Å². The molecule has 0 spiro atoms. The van der Waals surface area contributed by atoms with Crippen LogP contribution in [0.15, 0.2) is 5.38 Å². The molecular formula is C15H24N2O3S2. The Bertz CT molecular complexity index is 633. The standard InChI is InChI=1S/C15H24N2O3S2/c1-15(2,3)13-9-21-14(17-13)6-7-16-22(18,19)12-8-10-4-5-11(12)20-10/h9-12,16H,4-8H2,1-3H3. The van der Waals surface area contributed by atoms with Crippen molar-refractivity contribution in [3.05, 3.63) is 16.1 Å². The van der Waals surface area contributed by atoms with Gasteiger partial charge in [0.05, 0.1) is 22.9 Å². The summed E-state index contributed by atoms with van der Waals surface area (Å²) in [5, 5.41) is 2.68. The van der Waals surface area contributed by atoms with Crippen LogP contribution in [0.1, 0.15) is 50.7 Å². The third-order valence-electron chi connectivity index (χ3n) is 4.41. The molecule has 7 heteroatoms. The molecule has 2 aliphatic rings. The second-order valence-corrected chi connectivity index (χ2v) is 10.1. The maximum Gasteiger partial charge on any atom is 0.217 e. The molecule has 3 rings (SSSR count). The van der Waals surface area contributed by atoms with Crippen LogP contribution in [0.3, 0.4) is 0 Å². The lowest BCUT2D eigenvalue weighted by Gasteiger charge is -2.19. The number of nitrogens with zero attached hydrogens (tertiary/aromatic N) is 1. The Labute approximate surface area is 136 Å². The zero-order chi connectivity index (χ0) is 16.0. The van der Waals surface area contributed by atoms with E-state index in [1.54, 1.807) is 11.3 Å². The average Bonchev–Trinajstić information content (AvgIpc) is 3.13. The van der Waals surface area contributed by atoms with Gasteiger partial charge in [0.25, 0.3) is 0 Å². The molecule has 5 nitrogen and oxygen atoms in total. The maximum absolute atomic E-state index is 12.4. The highest BCUT2D eigenvalue weighted by atomic mass is 32.2. The molecule has 1 aromatic heterocycles. The van der Waals surface area contributed by atoms with Crippen LogP contribution in [0.5, 0.6) is 0 Å². The van der Waals surface area contributed by atoms with E-state index in [2.05, 4.69) is 35.9 Å². The van der Waals surface area contributed by atoms with E-state index < -0.39 is 10.0 Å². The number of thiazole rings is 1. The number of ether oxygens (including phenoxy) is 1. The summed E-state index contributed by atoms with van der Waals surface area (Å²) in [7, 11) is -3.28. The molecule has 3 unspecified atom stereocenters. The molecule has 1 N–H and O–H groups in total. The molecule has 2 saturated heterocycles. The average molecular weight is 345 g/mol. The van der Waals surface area contributed by atoms with Crippen molar-refractivity contribution in [2.24, 2.45) is 0 Å². The Kier molecular flexibility index (Phi) is 4.35. The Morgan fingerprint density at radius 2 is 2.18 bits per heavy atom. The van der Waals surface area contributed by atoms with Gasteiger partial charge in [0.1, 0.15) is 5.25 Å². The fourth-order valence-corrected chi connectivity index (χ4v) is 5.79. The summed E-state index contributed by atoms with van der Waals surface area (Å²) >= 11 is 1.60. The van der Waals surface area contributed by atoms with Crippen LogP contribution in [0, 0.1) is 0 Å². The molecule has 2 fully saturated rings. The first-order valence-corrected chi connectivity index (χ1v) is 10.3. The van der Waals surface area contributed by atoms with Gasteiger partial charge in [0.15, 0.2) is 0 Å². The van der Waals surface area contributed by atoms with Crippen LogP contribution in [0.25, 0.3) is 0 Å². The van der Waals surface area contributed by atoms with E-state index in [0.29, 0.717) is 19.4 Å². The molecule has 22 heavy (non-hydrogen) atoms. The lowest BCUT2D eigenvalue weighted by atomic mass is 9.93. The second-order valence-electron chi connectivity index (χ2n) is 7.21. The van der Waals surface area contributed by atoms with E-state index in [0.717, 1.165) is 23.5 Å². The van der Waals surface area contributed by atoms with E-state index in [-0.39, 0.29) is 22.9 Å². The van der Waals surface area contributed by atoms with Crippen LogP contribution in [0.2, 0.25) is 0 Å². The van der Waals surface area contributed by atoms with E-state index in [4.69, 9.17) is 4.74 Å². The predicted molar refractivity (Wildman–Crippen MR) is 87.7 cm³/mol. The first kappa shape index (κ1) is 16.4. The molecule has 0 aromatic carbocycles. The molecule has 2 bridgehead atoms. The molecule has 3 atom stereocenters. The van der Waals surface area contributed by atoms with Crippen molar-refractivity contribution in [1.29, 1.82) is 0 Å². The van der Waals surface area contributed by atoms with E-state index in [1.807, 2.05) is 0 Å². The fraction of sp³-hybridized carbons (Fsp3) is 0.800. The van der Waals surface area contributed by atoms with E-state index >= 15 is 0 Å². The topological polar surface area (TPSA) is 68.3 Å². The number of nitrogens with one attached hydrogen (secondary N) is 1. The van der Waals surface area contributed by atoms with Crippen LogP contribution in [-0.2, 0) is 26.6 Å². The molecule has 3 heterocycles. The van der Waals surface area contributed by atoms with Crippen molar-refractivity contribution in [2.45, 2.75) is 69.3 Å².